The maximum absolute atomic E-state index is 13.5. The van der Waals surface area contributed by atoms with E-state index in [1.807, 2.05) is 20.9 Å². The summed E-state index contributed by atoms with van der Waals surface area (Å²) in [5.74, 6) is 0.516. The number of benzene rings is 1. The second-order valence-corrected chi connectivity index (χ2v) is 4.18. The van der Waals surface area contributed by atoms with E-state index in [0.717, 1.165) is 5.56 Å². The first-order chi connectivity index (χ1) is 6.92. The van der Waals surface area contributed by atoms with Gasteiger partial charge in [-0.05, 0) is 45.5 Å². The normalized spacial score (nSPS) is 11.6. The fourth-order valence-corrected chi connectivity index (χ4v) is 1.45. The summed E-state index contributed by atoms with van der Waals surface area (Å²) in [6.45, 7) is 5.70. The molecule has 0 unspecified atom stereocenters. The molecule has 0 saturated heterocycles. The minimum atomic E-state index is -0.306. The zero-order valence-corrected chi connectivity index (χ0v) is 9.94. The molecule has 0 aliphatic heterocycles. The Balaban J connectivity index is 3.34. The van der Waals surface area contributed by atoms with Gasteiger partial charge in [0.2, 0.25) is 0 Å². The number of nitrogens with one attached hydrogen (secondary N) is 1. The van der Waals surface area contributed by atoms with E-state index in [4.69, 9.17) is 4.74 Å². The first-order valence-corrected chi connectivity index (χ1v) is 4.96. The zero-order valence-electron chi connectivity index (χ0n) is 9.94. The smallest absolute Gasteiger partial charge is 0.126 e. The molecule has 0 aliphatic carbocycles. The number of methoxy groups -OCH3 is 1. The van der Waals surface area contributed by atoms with E-state index in [9.17, 15) is 4.39 Å². The lowest BCUT2D eigenvalue weighted by molar-refractivity contribution is 0.372. The van der Waals surface area contributed by atoms with Crippen LogP contribution in [0.15, 0.2) is 12.1 Å². The van der Waals surface area contributed by atoms with E-state index in [0.29, 0.717) is 11.3 Å². The third kappa shape index (κ3) is 2.29. The van der Waals surface area contributed by atoms with Gasteiger partial charge in [-0.15, -0.1) is 0 Å². The molecule has 0 amide bonds. The highest BCUT2D eigenvalue weighted by molar-refractivity contribution is 5.42. The molecule has 0 saturated carbocycles. The van der Waals surface area contributed by atoms with E-state index in [1.54, 1.807) is 20.1 Å². The van der Waals surface area contributed by atoms with Crippen molar-refractivity contribution in [2.75, 3.05) is 14.2 Å². The summed E-state index contributed by atoms with van der Waals surface area (Å²) in [4.78, 5) is 0. The SMILES string of the molecule is CNC(C)(C)c1cc(F)c(C)cc1OC. The average molecular weight is 211 g/mol. The Hall–Kier alpha value is -1.09. The number of ether oxygens (including phenoxy) is 1. The van der Waals surface area contributed by atoms with Crippen molar-refractivity contribution >= 4 is 0 Å². The van der Waals surface area contributed by atoms with Gasteiger partial charge in [-0.25, -0.2) is 4.39 Å². The van der Waals surface area contributed by atoms with Gasteiger partial charge in [0.05, 0.1) is 7.11 Å². The molecular formula is C12H18FNO. The molecule has 0 spiro atoms. The van der Waals surface area contributed by atoms with Crippen molar-refractivity contribution in [3.8, 4) is 5.75 Å². The molecule has 1 aromatic carbocycles. The lowest BCUT2D eigenvalue weighted by atomic mass is 9.92. The van der Waals surface area contributed by atoms with Gasteiger partial charge >= 0.3 is 0 Å². The van der Waals surface area contributed by atoms with Crippen molar-refractivity contribution in [3.05, 3.63) is 29.1 Å². The Morgan fingerprint density at radius 3 is 2.40 bits per heavy atom. The van der Waals surface area contributed by atoms with E-state index < -0.39 is 0 Å². The highest BCUT2D eigenvalue weighted by atomic mass is 19.1. The van der Waals surface area contributed by atoms with Crippen LogP contribution in [0.1, 0.15) is 25.0 Å². The van der Waals surface area contributed by atoms with Crippen LogP contribution < -0.4 is 10.1 Å². The molecule has 1 aromatic rings. The molecule has 0 atom stereocenters. The molecule has 1 N–H and O–H groups in total. The molecule has 2 nitrogen and oxygen atoms in total. The Labute approximate surface area is 90.4 Å². The van der Waals surface area contributed by atoms with Gasteiger partial charge in [0.15, 0.2) is 0 Å². The second kappa shape index (κ2) is 4.19. The van der Waals surface area contributed by atoms with Crippen molar-refractivity contribution in [2.24, 2.45) is 0 Å². The van der Waals surface area contributed by atoms with Gasteiger partial charge in [0.1, 0.15) is 11.6 Å². The summed E-state index contributed by atoms with van der Waals surface area (Å²) >= 11 is 0. The van der Waals surface area contributed by atoms with Crippen LogP contribution in [0.2, 0.25) is 0 Å². The second-order valence-electron chi connectivity index (χ2n) is 4.18. The summed E-state index contributed by atoms with van der Waals surface area (Å²) < 4.78 is 18.7. The highest BCUT2D eigenvalue weighted by Gasteiger charge is 2.23. The van der Waals surface area contributed by atoms with Crippen LogP contribution in [0.3, 0.4) is 0 Å². The third-order valence-corrected chi connectivity index (χ3v) is 2.78. The van der Waals surface area contributed by atoms with Gasteiger partial charge in [0, 0.05) is 11.1 Å². The summed E-state index contributed by atoms with van der Waals surface area (Å²) in [5, 5.41) is 3.13. The predicted octanol–water partition coefficient (Wildman–Crippen LogP) is 2.60. The van der Waals surface area contributed by atoms with E-state index >= 15 is 0 Å². The number of hydrogen-bond donors (Lipinski definition) is 1. The molecular weight excluding hydrogens is 193 g/mol. The maximum atomic E-state index is 13.5. The van der Waals surface area contributed by atoms with Crippen LogP contribution in [0.25, 0.3) is 0 Å². The number of rotatable bonds is 3. The molecule has 84 valence electrons. The quantitative estimate of drug-likeness (QED) is 0.829. The number of hydrogen-bond acceptors (Lipinski definition) is 2. The van der Waals surface area contributed by atoms with E-state index in [1.165, 1.54) is 6.07 Å². The van der Waals surface area contributed by atoms with Crippen LogP contribution >= 0.6 is 0 Å². The van der Waals surface area contributed by atoms with Crippen molar-refractivity contribution < 1.29 is 9.13 Å². The average Bonchev–Trinajstić information content (AvgIpc) is 2.21. The molecule has 0 aliphatic rings. The van der Waals surface area contributed by atoms with E-state index in [-0.39, 0.29) is 11.4 Å². The molecule has 0 aromatic heterocycles. The first-order valence-electron chi connectivity index (χ1n) is 4.96. The van der Waals surface area contributed by atoms with E-state index in [2.05, 4.69) is 5.32 Å². The predicted molar refractivity (Wildman–Crippen MR) is 59.8 cm³/mol. The monoisotopic (exact) mass is 211 g/mol. The van der Waals surface area contributed by atoms with Crippen molar-refractivity contribution in [3.63, 3.8) is 0 Å². The number of aryl methyl sites for hydroxylation is 1. The van der Waals surface area contributed by atoms with Gasteiger partial charge in [-0.1, -0.05) is 0 Å². The Bertz CT molecular complexity index is 361. The van der Waals surface area contributed by atoms with Gasteiger partial charge in [-0.3, -0.25) is 0 Å². The lowest BCUT2D eigenvalue weighted by Gasteiger charge is -2.27. The van der Waals surface area contributed by atoms with Crippen LogP contribution in [0.5, 0.6) is 5.75 Å². The summed E-state index contributed by atoms with van der Waals surface area (Å²) in [6, 6.07) is 3.26. The molecule has 3 heteroatoms. The van der Waals surface area contributed by atoms with Crippen molar-refractivity contribution in [1.82, 2.24) is 5.32 Å². The van der Waals surface area contributed by atoms with Crippen LogP contribution in [-0.4, -0.2) is 14.2 Å². The molecule has 0 radical (unpaired) electrons. The molecule has 1 rings (SSSR count). The maximum Gasteiger partial charge on any atom is 0.126 e. The van der Waals surface area contributed by atoms with Crippen LogP contribution in [0, 0.1) is 12.7 Å². The summed E-state index contributed by atoms with van der Waals surface area (Å²) in [6.07, 6.45) is 0. The highest BCUT2D eigenvalue weighted by Crippen LogP contribution is 2.31. The largest absolute Gasteiger partial charge is 0.496 e. The Morgan fingerprint density at radius 1 is 1.33 bits per heavy atom. The van der Waals surface area contributed by atoms with Crippen molar-refractivity contribution in [1.29, 1.82) is 0 Å². The van der Waals surface area contributed by atoms with Gasteiger partial charge in [-0.2, -0.15) is 0 Å². The Morgan fingerprint density at radius 2 is 1.93 bits per heavy atom. The molecule has 0 fully saturated rings. The lowest BCUT2D eigenvalue weighted by Crippen LogP contribution is -2.33. The Kier molecular flexibility index (Phi) is 3.35. The molecule has 0 bridgehead atoms. The van der Waals surface area contributed by atoms with Crippen LogP contribution in [-0.2, 0) is 5.54 Å². The fraction of sp³-hybridized carbons (Fsp3) is 0.500. The minimum Gasteiger partial charge on any atom is -0.496 e. The zero-order chi connectivity index (χ0) is 11.6. The van der Waals surface area contributed by atoms with Crippen LogP contribution in [0.4, 0.5) is 4.39 Å². The minimum absolute atomic E-state index is 0.200. The first kappa shape index (κ1) is 12.0. The molecule has 15 heavy (non-hydrogen) atoms. The topological polar surface area (TPSA) is 21.3 Å². The third-order valence-electron chi connectivity index (χ3n) is 2.78. The standard InChI is InChI=1S/C12H18FNO/c1-8-6-11(15-5)9(7-10(8)13)12(2,3)14-4/h6-7,14H,1-5H3. The van der Waals surface area contributed by atoms with Gasteiger partial charge < -0.3 is 10.1 Å². The van der Waals surface area contributed by atoms with Gasteiger partial charge in [0.25, 0.3) is 0 Å². The fourth-order valence-electron chi connectivity index (χ4n) is 1.45. The summed E-state index contributed by atoms with van der Waals surface area (Å²) in [7, 11) is 3.44. The molecule has 0 heterocycles. The summed E-state index contributed by atoms with van der Waals surface area (Å²) in [5.41, 5.74) is 1.12. The number of halogens is 1. The van der Waals surface area contributed by atoms with Crippen molar-refractivity contribution in [2.45, 2.75) is 26.3 Å².